The van der Waals surface area contributed by atoms with E-state index in [0.29, 0.717) is 10.8 Å². The van der Waals surface area contributed by atoms with Crippen molar-refractivity contribution in [2.75, 3.05) is 6.26 Å². The number of aryl methyl sites for hydroxylation is 1. The van der Waals surface area contributed by atoms with Crippen molar-refractivity contribution in [2.24, 2.45) is 5.92 Å². The standard InChI is InChI=1S/C16H22O3S/c1-12-9-14(7-8-16(12)20(2,18)19)15(11-17)10-13-5-3-4-6-13/h7-9,11,13,15H,3-6,10H2,1-2H3/t15-/m0/s1. The second kappa shape index (κ2) is 6.08. The van der Waals surface area contributed by atoms with Gasteiger partial charge in [-0.05, 0) is 36.5 Å². The van der Waals surface area contributed by atoms with Gasteiger partial charge in [0.2, 0.25) is 0 Å². The molecule has 1 atom stereocenters. The van der Waals surface area contributed by atoms with Crippen LogP contribution in [0.25, 0.3) is 0 Å². The fourth-order valence-electron chi connectivity index (χ4n) is 3.19. The van der Waals surface area contributed by atoms with Gasteiger partial charge in [0.05, 0.1) is 4.90 Å². The highest BCUT2D eigenvalue weighted by molar-refractivity contribution is 7.90. The molecule has 110 valence electrons. The van der Waals surface area contributed by atoms with Crippen molar-refractivity contribution >= 4 is 16.1 Å². The van der Waals surface area contributed by atoms with Crippen LogP contribution in [0.3, 0.4) is 0 Å². The third kappa shape index (κ3) is 3.48. The first-order chi connectivity index (χ1) is 9.41. The number of carbonyl (C=O) groups is 1. The number of sulfone groups is 1. The Morgan fingerprint density at radius 3 is 2.45 bits per heavy atom. The summed E-state index contributed by atoms with van der Waals surface area (Å²) in [6, 6.07) is 5.27. The molecule has 1 fully saturated rings. The molecule has 1 saturated carbocycles. The van der Waals surface area contributed by atoms with Crippen molar-refractivity contribution in [3.8, 4) is 0 Å². The molecular formula is C16H22O3S. The van der Waals surface area contributed by atoms with E-state index in [1.54, 1.807) is 19.1 Å². The third-order valence-electron chi connectivity index (χ3n) is 4.25. The zero-order valence-electron chi connectivity index (χ0n) is 12.1. The Hall–Kier alpha value is -1.16. The topological polar surface area (TPSA) is 51.2 Å². The van der Waals surface area contributed by atoms with E-state index in [9.17, 15) is 13.2 Å². The number of aldehydes is 1. The molecule has 1 aromatic rings. The Bertz CT molecular complexity index is 584. The predicted octanol–water partition coefficient (Wildman–Crippen LogP) is 3.26. The van der Waals surface area contributed by atoms with Crippen LogP contribution in [0.2, 0.25) is 0 Å². The summed E-state index contributed by atoms with van der Waals surface area (Å²) < 4.78 is 23.2. The van der Waals surface area contributed by atoms with Crippen LogP contribution in [0.1, 0.15) is 49.1 Å². The van der Waals surface area contributed by atoms with E-state index < -0.39 is 9.84 Å². The molecule has 1 aliphatic rings. The van der Waals surface area contributed by atoms with E-state index >= 15 is 0 Å². The Labute approximate surface area is 121 Å². The van der Waals surface area contributed by atoms with Crippen molar-refractivity contribution in [3.05, 3.63) is 29.3 Å². The van der Waals surface area contributed by atoms with Gasteiger partial charge in [0, 0.05) is 12.2 Å². The molecule has 0 aliphatic heterocycles. The van der Waals surface area contributed by atoms with Crippen LogP contribution in [-0.4, -0.2) is 21.0 Å². The molecular weight excluding hydrogens is 272 g/mol. The largest absolute Gasteiger partial charge is 0.303 e. The maximum atomic E-state index is 11.6. The molecule has 0 heterocycles. The van der Waals surface area contributed by atoms with E-state index in [4.69, 9.17) is 0 Å². The summed E-state index contributed by atoms with van der Waals surface area (Å²) in [6.45, 7) is 1.79. The number of hydrogen-bond donors (Lipinski definition) is 0. The number of carbonyl (C=O) groups excluding carboxylic acids is 1. The summed E-state index contributed by atoms with van der Waals surface area (Å²) in [4.78, 5) is 11.7. The lowest BCUT2D eigenvalue weighted by molar-refractivity contribution is -0.109. The smallest absolute Gasteiger partial charge is 0.175 e. The monoisotopic (exact) mass is 294 g/mol. The molecule has 20 heavy (non-hydrogen) atoms. The molecule has 0 bridgehead atoms. The molecule has 1 aliphatic carbocycles. The second-order valence-corrected chi connectivity index (χ2v) is 7.91. The van der Waals surface area contributed by atoms with Crippen LogP contribution in [-0.2, 0) is 14.6 Å². The molecule has 0 N–H and O–H groups in total. The van der Waals surface area contributed by atoms with Gasteiger partial charge in [-0.2, -0.15) is 0 Å². The van der Waals surface area contributed by atoms with Crippen LogP contribution < -0.4 is 0 Å². The van der Waals surface area contributed by atoms with Crippen molar-refractivity contribution in [1.82, 2.24) is 0 Å². The highest BCUT2D eigenvalue weighted by Crippen LogP contribution is 2.34. The molecule has 3 nitrogen and oxygen atoms in total. The van der Waals surface area contributed by atoms with Gasteiger partial charge in [-0.1, -0.05) is 37.8 Å². The Balaban J connectivity index is 2.22. The SMILES string of the molecule is Cc1cc([C@H](C=O)CC2CCCC2)ccc1S(C)(=O)=O. The highest BCUT2D eigenvalue weighted by Gasteiger charge is 2.22. The molecule has 2 rings (SSSR count). The maximum absolute atomic E-state index is 11.6. The van der Waals surface area contributed by atoms with Gasteiger partial charge in [-0.15, -0.1) is 0 Å². The quantitative estimate of drug-likeness (QED) is 0.783. The Morgan fingerprint density at radius 1 is 1.30 bits per heavy atom. The van der Waals surface area contributed by atoms with Crippen molar-refractivity contribution in [1.29, 1.82) is 0 Å². The van der Waals surface area contributed by atoms with Gasteiger partial charge in [0.1, 0.15) is 6.29 Å². The zero-order valence-corrected chi connectivity index (χ0v) is 12.9. The summed E-state index contributed by atoms with van der Waals surface area (Å²) in [5.41, 5.74) is 1.67. The van der Waals surface area contributed by atoms with E-state index in [-0.39, 0.29) is 5.92 Å². The molecule has 0 radical (unpaired) electrons. The fourth-order valence-corrected chi connectivity index (χ4v) is 4.15. The lowest BCUT2D eigenvalue weighted by Crippen LogP contribution is -2.08. The lowest BCUT2D eigenvalue weighted by Gasteiger charge is -2.17. The molecule has 0 unspecified atom stereocenters. The first kappa shape index (κ1) is 15.2. The number of benzene rings is 1. The minimum atomic E-state index is -3.19. The summed E-state index contributed by atoms with van der Waals surface area (Å²) >= 11 is 0. The third-order valence-corrected chi connectivity index (χ3v) is 5.51. The van der Waals surface area contributed by atoms with E-state index in [1.807, 2.05) is 6.07 Å². The predicted molar refractivity (Wildman–Crippen MR) is 79.7 cm³/mol. The van der Waals surface area contributed by atoms with Gasteiger partial charge in [-0.25, -0.2) is 8.42 Å². The van der Waals surface area contributed by atoms with Gasteiger partial charge >= 0.3 is 0 Å². The lowest BCUT2D eigenvalue weighted by atomic mass is 9.88. The maximum Gasteiger partial charge on any atom is 0.175 e. The normalized spacial score (nSPS) is 18.1. The van der Waals surface area contributed by atoms with E-state index in [2.05, 4.69) is 0 Å². The van der Waals surface area contributed by atoms with E-state index in [0.717, 1.165) is 23.8 Å². The zero-order chi connectivity index (χ0) is 14.8. The Morgan fingerprint density at radius 2 is 1.95 bits per heavy atom. The second-order valence-electron chi connectivity index (χ2n) is 5.93. The molecule has 0 amide bonds. The fraction of sp³-hybridized carbons (Fsp3) is 0.562. The molecule has 0 saturated heterocycles. The Kier molecular flexibility index (Phi) is 4.63. The van der Waals surface area contributed by atoms with Crippen LogP contribution in [0, 0.1) is 12.8 Å². The molecule has 4 heteroatoms. The van der Waals surface area contributed by atoms with Crippen LogP contribution in [0.5, 0.6) is 0 Å². The summed E-state index contributed by atoms with van der Waals surface area (Å²) in [5.74, 6) is 0.533. The van der Waals surface area contributed by atoms with Crippen LogP contribution in [0.4, 0.5) is 0 Å². The minimum absolute atomic E-state index is 0.106. The van der Waals surface area contributed by atoms with Crippen LogP contribution >= 0.6 is 0 Å². The summed E-state index contributed by atoms with van der Waals surface area (Å²) in [7, 11) is -3.19. The van der Waals surface area contributed by atoms with Crippen molar-refractivity contribution in [3.63, 3.8) is 0 Å². The minimum Gasteiger partial charge on any atom is -0.303 e. The van der Waals surface area contributed by atoms with Crippen LogP contribution in [0.15, 0.2) is 23.1 Å². The average Bonchev–Trinajstić information content (AvgIpc) is 2.87. The van der Waals surface area contributed by atoms with Gasteiger partial charge in [0.25, 0.3) is 0 Å². The number of hydrogen-bond acceptors (Lipinski definition) is 3. The first-order valence-corrected chi connectivity index (χ1v) is 9.07. The average molecular weight is 294 g/mol. The van der Waals surface area contributed by atoms with Gasteiger partial charge in [-0.3, -0.25) is 0 Å². The summed E-state index contributed by atoms with van der Waals surface area (Å²) in [5, 5.41) is 0. The number of rotatable bonds is 5. The first-order valence-electron chi connectivity index (χ1n) is 7.17. The van der Waals surface area contributed by atoms with Crippen molar-refractivity contribution in [2.45, 2.75) is 49.8 Å². The van der Waals surface area contributed by atoms with Gasteiger partial charge < -0.3 is 4.79 Å². The van der Waals surface area contributed by atoms with Gasteiger partial charge in [0.15, 0.2) is 9.84 Å². The van der Waals surface area contributed by atoms with Crippen molar-refractivity contribution < 1.29 is 13.2 Å². The summed E-state index contributed by atoms with van der Waals surface area (Å²) in [6.07, 6.45) is 8.07. The van der Waals surface area contributed by atoms with E-state index in [1.165, 1.54) is 31.9 Å². The molecule has 0 aromatic heterocycles. The highest BCUT2D eigenvalue weighted by atomic mass is 32.2. The molecule has 1 aromatic carbocycles. The molecule has 0 spiro atoms.